The molecule has 3 N–H and O–H groups in total. The Bertz CT molecular complexity index is 1550. The normalized spacial score (nSPS) is 17.4. The third-order valence-electron chi connectivity index (χ3n) is 6.55. The summed E-state index contributed by atoms with van der Waals surface area (Å²) in [5, 5.41) is 3.46. The van der Waals surface area contributed by atoms with Crippen molar-refractivity contribution in [1.29, 1.82) is 0 Å². The lowest BCUT2D eigenvalue weighted by Crippen LogP contribution is -2.35. The zero-order valence-electron chi connectivity index (χ0n) is 19.3. The highest BCUT2D eigenvalue weighted by Gasteiger charge is 2.32. The smallest absolute Gasteiger partial charge is 0.256 e. The first kappa shape index (κ1) is 23.5. The molecule has 2 heterocycles. The van der Waals surface area contributed by atoms with E-state index in [4.69, 9.17) is 5.73 Å². The number of rotatable bonds is 5. The second kappa shape index (κ2) is 9.10. The van der Waals surface area contributed by atoms with Crippen LogP contribution in [0.3, 0.4) is 0 Å². The molecular formula is C26H22F3N5O2. The van der Waals surface area contributed by atoms with E-state index >= 15 is 0 Å². The Hall–Kier alpha value is -4.21. The molecule has 0 radical (unpaired) electrons. The topological polar surface area (TPSA) is 103 Å². The molecule has 1 saturated carbocycles. The molecule has 1 aliphatic carbocycles. The molecule has 2 aromatic carbocycles. The van der Waals surface area contributed by atoms with Gasteiger partial charge in [-0.1, -0.05) is 12.5 Å². The Morgan fingerprint density at radius 3 is 2.50 bits per heavy atom. The van der Waals surface area contributed by atoms with Crippen LogP contribution < -0.4 is 16.6 Å². The summed E-state index contributed by atoms with van der Waals surface area (Å²) in [4.78, 5) is 33.9. The fourth-order valence-corrected chi connectivity index (χ4v) is 4.84. The van der Waals surface area contributed by atoms with Crippen molar-refractivity contribution in [2.45, 2.75) is 32.2 Å². The van der Waals surface area contributed by atoms with Gasteiger partial charge in [0.05, 0.1) is 11.6 Å². The van der Waals surface area contributed by atoms with Gasteiger partial charge in [-0.3, -0.25) is 14.2 Å². The quantitative estimate of drug-likeness (QED) is 0.433. The van der Waals surface area contributed by atoms with Gasteiger partial charge in [0, 0.05) is 23.1 Å². The molecule has 7 nitrogen and oxygen atoms in total. The number of aromatic nitrogens is 3. The largest absolute Gasteiger partial charge is 0.369 e. The van der Waals surface area contributed by atoms with Crippen LogP contribution in [0.4, 0.5) is 19.1 Å². The van der Waals surface area contributed by atoms with Gasteiger partial charge in [-0.15, -0.1) is 0 Å². The van der Waals surface area contributed by atoms with E-state index in [-0.39, 0.29) is 17.6 Å². The number of hydrogen-bond donors (Lipinski definition) is 2. The van der Waals surface area contributed by atoms with Crippen molar-refractivity contribution >= 4 is 22.9 Å². The molecule has 0 saturated heterocycles. The summed E-state index contributed by atoms with van der Waals surface area (Å²) in [5.74, 6) is -3.17. The van der Waals surface area contributed by atoms with Gasteiger partial charge in [0.15, 0.2) is 5.65 Å². The number of nitrogens with one attached hydrogen (secondary N) is 1. The number of anilines is 1. The minimum absolute atomic E-state index is 0.0450. The Morgan fingerprint density at radius 2 is 1.81 bits per heavy atom. The molecule has 36 heavy (non-hydrogen) atoms. The predicted octanol–water partition coefficient (Wildman–Crippen LogP) is 4.24. The van der Waals surface area contributed by atoms with Gasteiger partial charge in [0.25, 0.3) is 5.56 Å². The molecule has 1 aliphatic rings. The maximum absolute atomic E-state index is 14.8. The van der Waals surface area contributed by atoms with Crippen molar-refractivity contribution < 1.29 is 18.0 Å². The van der Waals surface area contributed by atoms with E-state index in [1.54, 1.807) is 6.92 Å². The summed E-state index contributed by atoms with van der Waals surface area (Å²) in [6, 6.07) is 9.73. The molecule has 4 aromatic rings. The molecule has 0 bridgehead atoms. The number of hydrogen-bond acceptors (Lipinski definition) is 5. The second-order valence-electron chi connectivity index (χ2n) is 8.86. The van der Waals surface area contributed by atoms with Crippen molar-refractivity contribution in [3.63, 3.8) is 0 Å². The van der Waals surface area contributed by atoms with Crippen molar-refractivity contribution in [3.05, 3.63) is 81.9 Å². The maximum Gasteiger partial charge on any atom is 0.256 e. The van der Waals surface area contributed by atoms with Crippen LogP contribution in [0.25, 0.3) is 28.0 Å². The Labute approximate surface area is 203 Å². The van der Waals surface area contributed by atoms with E-state index in [0.717, 1.165) is 23.1 Å². The van der Waals surface area contributed by atoms with Gasteiger partial charge >= 0.3 is 0 Å². The van der Waals surface area contributed by atoms with E-state index in [1.165, 1.54) is 36.4 Å². The fraction of sp³-hybridized carbons (Fsp3) is 0.231. The van der Waals surface area contributed by atoms with Crippen LogP contribution in [-0.2, 0) is 4.79 Å². The first-order valence-corrected chi connectivity index (χ1v) is 11.4. The summed E-state index contributed by atoms with van der Waals surface area (Å²) >= 11 is 0. The van der Waals surface area contributed by atoms with Crippen molar-refractivity contribution in [3.8, 4) is 16.9 Å². The lowest BCUT2D eigenvalue weighted by atomic mass is 10.0. The summed E-state index contributed by atoms with van der Waals surface area (Å²) in [6.07, 6.45) is 2.02. The molecule has 2 aromatic heterocycles. The average molecular weight is 493 g/mol. The van der Waals surface area contributed by atoms with Crippen molar-refractivity contribution in [1.82, 2.24) is 14.5 Å². The molecule has 10 heteroatoms. The molecule has 2 atom stereocenters. The van der Waals surface area contributed by atoms with E-state index in [9.17, 15) is 22.8 Å². The predicted molar refractivity (Wildman–Crippen MR) is 129 cm³/mol. The highest BCUT2D eigenvalue weighted by molar-refractivity contribution is 5.93. The molecule has 1 amide bonds. The summed E-state index contributed by atoms with van der Waals surface area (Å²) < 4.78 is 44.3. The first-order chi connectivity index (χ1) is 17.2. The van der Waals surface area contributed by atoms with Crippen LogP contribution >= 0.6 is 0 Å². The minimum atomic E-state index is -0.943. The Kier molecular flexibility index (Phi) is 5.95. The highest BCUT2D eigenvalue weighted by Crippen LogP contribution is 2.33. The number of nitrogens with zero attached hydrogens (tertiary/aromatic N) is 3. The highest BCUT2D eigenvalue weighted by atomic mass is 19.1. The minimum Gasteiger partial charge on any atom is -0.369 e. The average Bonchev–Trinajstić information content (AvgIpc) is 3.28. The van der Waals surface area contributed by atoms with E-state index in [0.29, 0.717) is 35.0 Å². The maximum atomic E-state index is 14.8. The summed E-state index contributed by atoms with van der Waals surface area (Å²) in [7, 11) is 0. The second-order valence-corrected chi connectivity index (χ2v) is 8.86. The van der Waals surface area contributed by atoms with Gasteiger partial charge < -0.3 is 11.1 Å². The first-order valence-electron chi connectivity index (χ1n) is 11.4. The zero-order chi connectivity index (χ0) is 25.6. The van der Waals surface area contributed by atoms with Gasteiger partial charge in [0.1, 0.15) is 23.1 Å². The van der Waals surface area contributed by atoms with Gasteiger partial charge in [-0.2, -0.15) is 4.98 Å². The fourth-order valence-electron chi connectivity index (χ4n) is 4.84. The number of primary amides is 1. The zero-order valence-corrected chi connectivity index (χ0v) is 19.3. The number of nitrogens with two attached hydrogens (primary N) is 1. The number of carbonyl (C=O) groups is 1. The number of halogens is 3. The number of carbonyl (C=O) groups excluding carboxylic acids is 1. The van der Waals surface area contributed by atoms with Gasteiger partial charge in [-0.05, 0) is 61.7 Å². The number of para-hydroxylation sites is 1. The third kappa shape index (κ3) is 4.08. The lowest BCUT2D eigenvalue weighted by molar-refractivity contribution is -0.121. The van der Waals surface area contributed by atoms with Crippen LogP contribution in [0.1, 0.15) is 24.8 Å². The molecule has 5 rings (SSSR count). The number of aryl methyl sites for hydroxylation is 1. The Morgan fingerprint density at radius 1 is 1.06 bits per heavy atom. The summed E-state index contributed by atoms with van der Waals surface area (Å²) in [6.45, 7) is 1.70. The SMILES string of the molecule is Cc1cc(F)ccc1-c1nc(N[C@H]2CCC[C@@H]2C(N)=O)nc2c1ccc(=O)n2-c1c(F)cccc1F. The number of amides is 1. The molecule has 1 fully saturated rings. The number of fused-ring (bicyclic) bond motifs is 1. The summed E-state index contributed by atoms with van der Waals surface area (Å²) in [5.41, 5.74) is 5.68. The standard InChI is InChI=1S/C26H22F3N5O2/c1-13-12-14(27)8-9-15(13)22-17-10-11-21(35)34(23-18(28)5-3-6-19(23)29)25(17)33-26(32-22)31-20-7-2-4-16(20)24(30)36/h3,5-6,8-12,16,20H,2,4,7H2,1H3,(H2,30,36)(H,31,32,33)/t16-,20-/m0/s1. The lowest BCUT2D eigenvalue weighted by Gasteiger charge is -2.20. The molecule has 0 unspecified atom stereocenters. The van der Waals surface area contributed by atoms with Crippen LogP contribution in [0, 0.1) is 30.3 Å². The monoisotopic (exact) mass is 493 g/mol. The molecular weight excluding hydrogens is 471 g/mol. The molecule has 0 spiro atoms. The third-order valence-corrected chi connectivity index (χ3v) is 6.55. The Balaban J connectivity index is 1.80. The number of benzene rings is 2. The van der Waals surface area contributed by atoms with Crippen molar-refractivity contribution in [2.24, 2.45) is 11.7 Å². The van der Waals surface area contributed by atoms with E-state index < -0.39 is 40.5 Å². The van der Waals surface area contributed by atoms with E-state index in [2.05, 4.69) is 15.3 Å². The van der Waals surface area contributed by atoms with Crippen LogP contribution in [0.5, 0.6) is 0 Å². The van der Waals surface area contributed by atoms with Crippen molar-refractivity contribution in [2.75, 3.05) is 5.32 Å². The van der Waals surface area contributed by atoms with Gasteiger partial charge in [-0.25, -0.2) is 18.2 Å². The van der Waals surface area contributed by atoms with Crippen LogP contribution in [-0.4, -0.2) is 26.5 Å². The molecule has 184 valence electrons. The van der Waals surface area contributed by atoms with Crippen LogP contribution in [0.15, 0.2) is 53.3 Å². The molecule has 0 aliphatic heterocycles. The number of pyridine rings is 1. The van der Waals surface area contributed by atoms with Gasteiger partial charge in [0.2, 0.25) is 11.9 Å². The van der Waals surface area contributed by atoms with E-state index in [1.807, 2.05) is 0 Å². The van der Waals surface area contributed by atoms with Crippen LogP contribution in [0.2, 0.25) is 0 Å².